The van der Waals surface area contributed by atoms with Gasteiger partial charge in [-0.1, -0.05) is 5.16 Å². The highest BCUT2D eigenvalue weighted by Gasteiger charge is 2.20. The molecule has 2 aromatic rings. The Bertz CT molecular complexity index is 503. The summed E-state index contributed by atoms with van der Waals surface area (Å²) >= 11 is 1.64. The summed E-state index contributed by atoms with van der Waals surface area (Å²) in [6, 6.07) is 0. The Morgan fingerprint density at radius 3 is 3.00 bits per heavy atom. The first kappa shape index (κ1) is 10.9. The van der Waals surface area contributed by atoms with Crippen LogP contribution in [0.15, 0.2) is 9.90 Å². The van der Waals surface area contributed by atoms with E-state index in [0.29, 0.717) is 12.3 Å². The topological polar surface area (TPSA) is 63.8 Å². The fourth-order valence-electron chi connectivity index (χ4n) is 1.80. The molecule has 0 atom stereocenters. The van der Waals surface area contributed by atoms with Crippen LogP contribution in [0.3, 0.4) is 0 Å². The SMILES string of the molecule is Cc1csc(Cc2noc(CC3CNC3)n2)n1. The van der Waals surface area contributed by atoms with Gasteiger partial charge in [-0.3, -0.25) is 0 Å². The van der Waals surface area contributed by atoms with Crippen LogP contribution in [0.4, 0.5) is 0 Å². The number of thiazole rings is 1. The van der Waals surface area contributed by atoms with E-state index < -0.39 is 0 Å². The molecule has 0 aliphatic carbocycles. The van der Waals surface area contributed by atoms with E-state index in [0.717, 1.165) is 41.9 Å². The second kappa shape index (κ2) is 4.54. The maximum Gasteiger partial charge on any atom is 0.227 e. The van der Waals surface area contributed by atoms with E-state index in [1.807, 2.05) is 12.3 Å². The summed E-state index contributed by atoms with van der Waals surface area (Å²) in [6.45, 7) is 4.11. The fourth-order valence-corrected chi connectivity index (χ4v) is 2.57. The number of rotatable bonds is 4. The molecule has 0 bridgehead atoms. The molecule has 2 aromatic heterocycles. The molecule has 0 spiro atoms. The Labute approximate surface area is 103 Å². The van der Waals surface area contributed by atoms with Gasteiger partial charge < -0.3 is 9.84 Å². The van der Waals surface area contributed by atoms with Crippen LogP contribution in [0.25, 0.3) is 0 Å². The van der Waals surface area contributed by atoms with Crippen molar-refractivity contribution in [2.45, 2.75) is 19.8 Å². The van der Waals surface area contributed by atoms with Crippen molar-refractivity contribution in [2.75, 3.05) is 13.1 Å². The van der Waals surface area contributed by atoms with E-state index in [1.165, 1.54) is 0 Å². The summed E-state index contributed by atoms with van der Waals surface area (Å²) < 4.78 is 5.24. The third kappa shape index (κ3) is 2.53. The zero-order valence-electron chi connectivity index (χ0n) is 9.64. The largest absolute Gasteiger partial charge is 0.339 e. The van der Waals surface area contributed by atoms with E-state index >= 15 is 0 Å². The molecule has 0 unspecified atom stereocenters. The van der Waals surface area contributed by atoms with Crippen LogP contribution in [-0.4, -0.2) is 28.2 Å². The lowest BCUT2D eigenvalue weighted by molar-refractivity contribution is 0.295. The molecular formula is C11H14N4OS. The zero-order valence-corrected chi connectivity index (χ0v) is 10.5. The van der Waals surface area contributed by atoms with Gasteiger partial charge in [0, 0.05) is 17.5 Å². The van der Waals surface area contributed by atoms with E-state index in [1.54, 1.807) is 11.3 Å². The number of hydrogen-bond donors (Lipinski definition) is 1. The first-order valence-electron chi connectivity index (χ1n) is 5.73. The first-order valence-corrected chi connectivity index (χ1v) is 6.61. The molecule has 5 nitrogen and oxygen atoms in total. The van der Waals surface area contributed by atoms with Crippen molar-refractivity contribution in [1.82, 2.24) is 20.4 Å². The lowest BCUT2D eigenvalue weighted by atomic mass is 10.00. The van der Waals surface area contributed by atoms with Gasteiger partial charge in [0.25, 0.3) is 0 Å². The molecule has 1 aliphatic rings. The Balaban J connectivity index is 1.63. The highest BCUT2D eigenvalue weighted by atomic mass is 32.1. The second-order valence-corrected chi connectivity index (χ2v) is 5.33. The minimum Gasteiger partial charge on any atom is -0.339 e. The van der Waals surface area contributed by atoms with Gasteiger partial charge in [-0.05, 0) is 25.9 Å². The van der Waals surface area contributed by atoms with Gasteiger partial charge in [-0.25, -0.2) is 4.98 Å². The number of aromatic nitrogens is 3. The minimum absolute atomic E-state index is 0.658. The number of nitrogens with one attached hydrogen (secondary N) is 1. The zero-order chi connectivity index (χ0) is 11.7. The van der Waals surface area contributed by atoms with Gasteiger partial charge in [0.1, 0.15) is 5.01 Å². The molecule has 17 heavy (non-hydrogen) atoms. The first-order chi connectivity index (χ1) is 8.29. The van der Waals surface area contributed by atoms with Crippen molar-refractivity contribution >= 4 is 11.3 Å². The van der Waals surface area contributed by atoms with Crippen molar-refractivity contribution in [3.05, 3.63) is 27.8 Å². The van der Waals surface area contributed by atoms with E-state index in [4.69, 9.17) is 4.52 Å². The van der Waals surface area contributed by atoms with Crippen LogP contribution in [0.5, 0.6) is 0 Å². The molecular weight excluding hydrogens is 236 g/mol. The van der Waals surface area contributed by atoms with Gasteiger partial charge >= 0.3 is 0 Å². The second-order valence-electron chi connectivity index (χ2n) is 4.39. The molecule has 3 rings (SSSR count). The van der Waals surface area contributed by atoms with Crippen molar-refractivity contribution in [3.8, 4) is 0 Å². The maximum absolute atomic E-state index is 5.24. The van der Waals surface area contributed by atoms with Gasteiger partial charge in [0.15, 0.2) is 5.82 Å². The number of nitrogens with zero attached hydrogens (tertiary/aromatic N) is 3. The number of aryl methyl sites for hydroxylation is 1. The van der Waals surface area contributed by atoms with Crippen molar-refractivity contribution in [1.29, 1.82) is 0 Å². The third-order valence-corrected chi connectivity index (χ3v) is 3.78. The lowest BCUT2D eigenvalue weighted by Crippen LogP contribution is -2.43. The maximum atomic E-state index is 5.24. The average Bonchev–Trinajstić information content (AvgIpc) is 2.83. The monoisotopic (exact) mass is 250 g/mol. The summed E-state index contributed by atoms with van der Waals surface area (Å²) in [5.41, 5.74) is 1.05. The van der Waals surface area contributed by atoms with Gasteiger partial charge in [0.05, 0.1) is 6.42 Å². The quantitative estimate of drug-likeness (QED) is 0.883. The molecule has 0 amide bonds. The normalized spacial score (nSPS) is 16.1. The summed E-state index contributed by atoms with van der Waals surface area (Å²) in [6.07, 6.45) is 1.56. The van der Waals surface area contributed by atoms with Crippen LogP contribution in [0, 0.1) is 12.8 Å². The molecule has 6 heteroatoms. The van der Waals surface area contributed by atoms with E-state index in [9.17, 15) is 0 Å². The Morgan fingerprint density at radius 2 is 2.35 bits per heavy atom. The van der Waals surface area contributed by atoms with Gasteiger partial charge in [-0.15, -0.1) is 11.3 Å². The summed E-state index contributed by atoms with van der Waals surface area (Å²) in [7, 11) is 0. The van der Waals surface area contributed by atoms with Crippen LogP contribution < -0.4 is 5.32 Å². The number of hydrogen-bond acceptors (Lipinski definition) is 6. The fraction of sp³-hybridized carbons (Fsp3) is 0.545. The van der Waals surface area contributed by atoms with Crippen molar-refractivity contribution < 1.29 is 4.52 Å². The van der Waals surface area contributed by atoms with E-state index in [-0.39, 0.29) is 0 Å². The van der Waals surface area contributed by atoms with Crippen LogP contribution in [0.1, 0.15) is 22.4 Å². The molecule has 1 fully saturated rings. The summed E-state index contributed by atoms with van der Waals surface area (Å²) in [5.74, 6) is 2.15. The van der Waals surface area contributed by atoms with Crippen LogP contribution in [-0.2, 0) is 12.8 Å². The molecule has 1 saturated heterocycles. The Kier molecular flexibility index (Phi) is 2.90. The highest BCUT2D eigenvalue weighted by Crippen LogP contribution is 2.14. The van der Waals surface area contributed by atoms with Gasteiger partial charge in [-0.2, -0.15) is 4.98 Å². The molecule has 1 aliphatic heterocycles. The third-order valence-electron chi connectivity index (χ3n) is 2.82. The molecule has 0 aromatic carbocycles. The van der Waals surface area contributed by atoms with Crippen LogP contribution in [0.2, 0.25) is 0 Å². The Hall–Kier alpha value is -1.27. The van der Waals surface area contributed by atoms with Crippen LogP contribution >= 0.6 is 11.3 Å². The molecule has 1 N–H and O–H groups in total. The van der Waals surface area contributed by atoms with Crippen molar-refractivity contribution in [2.24, 2.45) is 5.92 Å². The van der Waals surface area contributed by atoms with Crippen molar-refractivity contribution in [3.63, 3.8) is 0 Å². The molecule has 90 valence electrons. The average molecular weight is 250 g/mol. The standard InChI is InChI=1S/C11H14N4OS/c1-7-6-17-11(13-7)3-9-14-10(16-15-9)2-8-4-12-5-8/h6,8,12H,2-5H2,1H3. The molecule has 3 heterocycles. The predicted molar refractivity (Wildman–Crippen MR) is 64.0 cm³/mol. The lowest BCUT2D eigenvalue weighted by Gasteiger charge is -2.25. The highest BCUT2D eigenvalue weighted by molar-refractivity contribution is 7.09. The summed E-state index contributed by atoms with van der Waals surface area (Å²) in [4.78, 5) is 8.79. The Morgan fingerprint density at radius 1 is 1.47 bits per heavy atom. The molecule has 0 saturated carbocycles. The predicted octanol–water partition coefficient (Wildman–Crippen LogP) is 1.19. The van der Waals surface area contributed by atoms with Gasteiger partial charge in [0.2, 0.25) is 5.89 Å². The molecule has 0 radical (unpaired) electrons. The smallest absolute Gasteiger partial charge is 0.227 e. The van der Waals surface area contributed by atoms with E-state index in [2.05, 4.69) is 20.4 Å². The summed E-state index contributed by atoms with van der Waals surface area (Å²) in [5, 5.41) is 10.3. The minimum atomic E-state index is 0.658.